The summed E-state index contributed by atoms with van der Waals surface area (Å²) in [5.41, 5.74) is 7.75. The largest absolute Gasteiger partial charge is 0.321 e. The van der Waals surface area contributed by atoms with Gasteiger partial charge >= 0.3 is 0 Å². The Morgan fingerprint density at radius 3 is 2.17 bits per heavy atom. The van der Waals surface area contributed by atoms with Crippen molar-refractivity contribution in [2.75, 3.05) is 5.32 Å². The van der Waals surface area contributed by atoms with Crippen LogP contribution in [0.5, 0.6) is 0 Å². The monoisotopic (exact) mass is 587 g/mol. The van der Waals surface area contributed by atoms with Crippen LogP contribution in [-0.2, 0) is 12.0 Å². The van der Waals surface area contributed by atoms with Crippen LogP contribution in [0.3, 0.4) is 0 Å². The maximum absolute atomic E-state index is 13.9. The van der Waals surface area contributed by atoms with E-state index >= 15 is 0 Å². The van der Waals surface area contributed by atoms with E-state index in [1.54, 1.807) is 36.4 Å². The molecule has 0 atom stereocenters. The van der Waals surface area contributed by atoms with Gasteiger partial charge in [0.2, 0.25) is 0 Å². The maximum Gasteiger partial charge on any atom is 0.288 e. The average molecular weight is 588 g/mol. The van der Waals surface area contributed by atoms with Gasteiger partial charge in [-0.2, -0.15) is 5.10 Å². The van der Waals surface area contributed by atoms with Crippen molar-refractivity contribution in [2.24, 2.45) is 5.84 Å². The smallest absolute Gasteiger partial charge is 0.288 e. The summed E-state index contributed by atoms with van der Waals surface area (Å²) in [5, 5.41) is 7.78. The standard InChI is InChI=1S/C30H30ClN7O4/c1-30(2,3)25-23(28(41)33-22-15-8-7-14-21(22)27(40)34-32)24(38(37-25)17-18-10-5-4-6-11-18)29(42)36-35-26(39)19-12-9-13-20(31)16-19/h4-16H,17,32H2,1-3H3,(H,33,41)(H,34,40)(H,35,39)(H,36,42). The SMILES string of the molecule is CC(C)(C)c1nn(Cc2ccccc2)c(C(=O)NNC(=O)c2cccc(Cl)c2)c1C(=O)Nc1ccccc1C(=O)NN. The van der Waals surface area contributed by atoms with Crippen LogP contribution in [0.15, 0.2) is 78.9 Å². The summed E-state index contributed by atoms with van der Waals surface area (Å²) in [6, 6.07) is 21.8. The van der Waals surface area contributed by atoms with Gasteiger partial charge in [-0.05, 0) is 35.9 Å². The summed E-state index contributed by atoms with van der Waals surface area (Å²) in [7, 11) is 0. The Hall–Kier alpha value is -5.00. The van der Waals surface area contributed by atoms with E-state index in [9.17, 15) is 19.2 Å². The van der Waals surface area contributed by atoms with Gasteiger partial charge in [0.05, 0.1) is 29.1 Å². The first-order chi connectivity index (χ1) is 20.0. The number of carbonyl (C=O) groups is 4. The summed E-state index contributed by atoms with van der Waals surface area (Å²) in [6.45, 7) is 5.74. The minimum Gasteiger partial charge on any atom is -0.321 e. The fourth-order valence-corrected chi connectivity index (χ4v) is 4.42. The normalized spacial score (nSPS) is 11.0. The lowest BCUT2D eigenvalue weighted by Crippen LogP contribution is -2.43. The van der Waals surface area contributed by atoms with Crippen LogP contribution in [0.1, 0.15) is 73.6 Å². The van der Waals surface area contributed by atoms with Gasteiger partial charge in [-0.15, -0.1) is 0 Å². The van der Waals surface area contributed by atoms with Crippen LogP contribution in [0.2, 0.25) is 5.02 Å². The van der Waals surface area contributed by atoms with E-state index in [0.29, 0.717) is 10.7 Å². The molecule has 0 radical (unpaired) electrons. The number of para-hydroxylation sites is 1. The number of rotatable bonds is 7. The van der Waals surface area contributed by atoms with E-state index in [-0.39, 0.29) is 34.6 Å². The third kappa shape index (κ3) is 6.82. The number of nitrogens with two attached hydrogens (primary N) is 1. The number of hydrogen-bond donors (Lipinski definition) is 5. The molecule has 0 unspecified atom stereocenters. The lowest BCUT2D eigenvalue weighted by atomic mass is 9.88. The quantitative estimate of drug-likeness (QED) is 0.125. The number of anilines is 1. The fraction of sp³-hybridized carbons (Fsp3) is 0.167. The van der Waals surface area contributed by atoms with E-state index in [1.165, 1.54) is 16.8 Å². The number of carbonyl (C=O) groups excluding carboxylic acids is 4. The molecule has 1 heterocycles. The predicted octanol–water partition coefficient (Wildman–Crippen LogP) is 3.81. The van der Waals surface area contributed by atoms with Crippen LogP contribution in [0, 0.1) is 0 Å². The molecule has 42 heavy (non-hydrogen) atoms. The van der Waals surface area contributed by atoms with Crippen molar-refractivity contribution in [3.63, 3.8) is 0 Å². The average Bonchev–Trinajstić information content (AvgIpc) is 3.36. The first-order valence-corrected chi connectivity index (χ1v) is 13.3. The Kier molecular flexibility index (Phi) is 9.04. The molecule has 4 aromatic rings. The van der Waals surface area contributed by atoms with Crippen molar-refractivity contribution < 1.29 is 19.2 Å². The molecule has 0 fully saturated rings. The molecule has 216 valence electrons. The van der Waals surface area contributed by atoms with Crippen LogP contribution < -0.4 is 27.4 Å². The molecule has 11 nitrogen and oxygen atoms in total. The highest BCUT2D eigenvalue weighted by Crippen LogP contribution is 2.29. The zero-order chi connectivity index (χ0) is 30.4. The van der Waals surface area contributed by atoms with E-state index in [1.807, 2.05) is 51.1 Å². The van der Waals surface area contributed by atoms with Crippen molar-refractivity contribution in [2.45, 2.75) is 32.7 Å². The van der Waals surface area contributed by atoms with Gasteiger partial charge in [-0.3, -0.25) is 40.1 Å². The fourth-order valence-electron chi connectivity index (χ4n) is 4.23. The zero-order valence-electron chi connectivity index (χ0n) is 23.2. The number of nitrogen functional groups attached to an aromatic ring is 1. The first kappa shape index (κ1) is 30.0. The number of benzene rings is 3. The van der Waals surface area contributed by atoms with Crippen LogP contribution in [-0.4, -0.2) is 33.4 Å². The van der Waals surface area contributed by atoms with Gasteiger partial charge in [0.25, 0.3) is 23.6 Å². The molecular weight excluding hydrogens is 558 g/mol. The van der Waals surface area contributed by atoms with Gasteiger partial charge in [-0.25, -0.2) is 5.84 Å². The third-order valence-corrected chi connectivity index (χ3v) is 6.44. The molecule has 3 aromatic carbocycles. The number of hydrogen-bond acceptors (Lipinski definition) is 6. The molecule has 12 heteroatoms. The number of hydrazine groups is 2. The van der Waals surface area contributed by atoms with Gasteiger partial charge in [-0.1, -0.05) is 80.9 Å². The molecule has 0 saturated heterocycles. The Labute approximate surface area is 247 Å². The summed E-state index contributed by atoms with van der Waals surface area (Å²) >= 11 is 6.00. The lowest BCUT2D eigenvalue weighted by molar-refractivity contribution is 0.0838. The number of aromatic nitrogens is 2. The number of nitrogens with one attached hydrogen (secondary N) is 4. The molecule has 6 N–H and O–H groups in total. The van der Waals surface area contributed by atoms with Crippen LogP contribution >= 0.6 is 11.6 Å². The third-order valence-electron chi connectivity index (χ3n) is 6.21. The topological polar surface area (TPSA) is 160 Å². The summed E-state index contributed by atoms with van der Waals surface area (Å²) < 4.78 is 1.42. The Bertz CT molecular complexity index is 1650. The second-order valence-corrected chi connectivity index (χ2v) is 10.8. The molecule has 1 aromatic heterocycles. The summed E-state index contributed by atoms with van der Waals surface area (Å²) in [5.74, 6) is 2.66. The number of amides is 4. The highest BCUT2D eigenvalue weighted by Gasteiger charge is 2.34. The number of nitrogens with zero attached hydrogens (tertiary/aromatic N) is 2. The van der Waals surface area contributed by atoms with E-state index in [2.05, 4.69) is 21.6 Å². The van der Waals surface area contributed by atoms with Crippen LogP contribution in [0.25, 0.3) is 0 Å². The van der Waals surface area contributed by atoms with E-state index < -0.39 is 29.0 Å². The maximum atomic E-state index is 13.9. The zero-order valence-corrected chi connectivity index (χ0v) is 24.0. The molecule has 0 saturated carbocycles. The number of halogens is 1. The summed E-state index contributed by atoms with van der Waals surface area (Å²) in [6.07, 6.45) is 0. The second kappa shape index (κ2) is 12.7. The molecule has 0 bridgehead atoms. The van der Waals surface area contributed by atoms with Gasteiger partial charge in [0, 0.05) is 16.0 Å². The highest BCUT2D eigenvalue weighted by molar-refractivity contribution is 6.31. The molecule has 4 amide bonds. The minimum atomic E-state index is -0.776. The van der Waals surface area contributed by atoms with Gasteiger partial charge in [0.1, 0.15) is 5.69 Å². The molecule has 0 aliphatic carbocycles. The molecule has 4 rings (SSSR count). The van der Waals surface area contributed by atoms with Gasteiger partial charge < -0.3 is 5.32 Å². The molecule has 0 aliphatic heterocycles. The first-order valence-electron chi connectivity index (χ1n) is 12.9. The van der Waals surface area contributed by atoms with E-state index in [4.69, 9.17) is 22.5 Å². The Morgan fingerprint density at radius 2 is 1.50 bits per heavy atom. The van der Waals surface area contributed by atoms with Crippen LogP contribution in [0.4, 0.5) is 5.69 Å². The van der Waals surface area contributed by atoms with Crippen molar-refractivity contribution >= 4 is 40.9 Å². The van der Waals surface area contributed by atoms with Crippen molar-refractivity contribution in [3.8, 4) is 0 Å². The lowest BCUT2D eigenvalue weighted by Gasteiger charge is -2.18. The minimum absolute atomic E-state index is 0.0177. The molecule has 0 aliphatic rings. The van der Waals surface area contributed by atoms with E-state index in [0.717, 1.165) is 5.56 Å². The predicted molar refractivity (Wildman–Crippen MR) is 159 cm³/mol. The molecular formula is C30H30ClN7O4. The Morgan fingerprint density at radius 1 is 0.833 bits per heavy atom. The highest BCUT2D eigenvalue weighted by atomic mass is 35.5. The summed E-state index contributed by atoms with van der Waals surface area (Å²) in [4.78, 5) is 52.7. The van der Waals surface area contributed by atoms with Crippen molar-refractivity contribution in [3.05, 3.63) is 118 Å². The Balaban J connectivity index is 1.77. The van der Waals surface area contributed by atoms with Crippen molar-refractivity contribution in [1.82, 2.24) is 26.1 Å². The molecule has 0 spiro atoms. The second-order valence-electron chi connectivity index (χ2n) is 10.4. The van der Waals surface area contributed by atoms with Gasteiger partial charge in [0.15, 0.2) is 0 Å². The van der Waals surface area contributed by atoms with Crippen molar-refractivity contribution in [1.29, 1.82) is 0 Å².